The van der Waals surface area contributed by atoms with E-state index in [0.29, 0.717) is 22.7 Å². The number of anilines is 1. The Morgan fingerprint density at radius 1 is 1.10 bits per heavy atom. The molecule has 0 saturated carbocycles. The molecular weight excluding hydrogens is 374 g/mol. The average Bonchev–Trinajstić information content (AvgIpc) is 2.82. The Labute approximate surface area is 168 Å². The molecule has 0 spiro atoms. The van der Waals surface area contributed by atoms with E-state index in [1.807, 2.05) is 6.07 Å². The molecule has 0 fully saturated rings. The third-order valence-corrected chi connectivity index (χ3v) is 4.66. The molecular formula is C21H23N3O5. The monoisotopic (exact) mass is 397 g/mol. The second-order valence-corrected chi connectivity index (χ2v) is 6.60. The van der Waals surface area contributed by atoms with Crippen LogP contribution in [0, 0.1) is 0 Å². The zero-order valence-electron chi connectivity index (χ0n) is 16.5. The molecule has 2 N–H and O–H groups in total. The summed E-state index contributed by atoms with van der Waals surface area (Å²) in [7, 11) is 3.09. The molecule has 29 heavy (non-hydrogen) atoms. The molecule has 2 aromatic rings. The van der Waals surface area contributed by atoms with Crippen LogP contribution in [-0.4, -0.2) is 44.5 Å². The number of hydrogen-bond acceptors (Lipinski definition) is 5. The standard InChI is InChI=1S/C21H23N3O5/c1-13-21(27)24(16-7-5-4-6-15(16)20(26)23-13)12-19(25)22-11-14-8-9-17(28-2)18(10-14)29-3/h4-10,13H,11-12H2,1-3H3,(H,22,25)(H,23,26)/t13-/m1/s1. The fourth-order valence-corrected chi connectivity index (χ4v) is 3.14. The predicted molar refractivity (Wildman–Crippen MR) is 107 cm³/mol. The van der Waals surface area contributed by atoms with Crippen molar-refractivity contribution in [2.75, 3.05) is 25.7 Å². The largest absolute Gasteiger partial charge is 0.493 e. The van der Waals surface area contributed by atoms with Gasteiger partial charge in [-0.2, -0.15) is 0 Å². The van der Waals surface area contributed by atoms with Crippen LogP contribution >= 0.6 is 0 Å². The van der Waals surface area contributed by atoms with Crippen molar-refractivity contribution < 1.29 is 23.9 Å². The van der Waals surface area contributed by atoms with Crippen molar-refractivity contribution in [3.05, 3.63) is 53.6 Å². The summed E-state index contributed by atoms with van der Waals surface area (Å²) in [6.07, 6.45) is 0. The van der Waals surface area contributed by atoms with Gasteiger partial charge in [-0.3, -0.25) is 14.4 Å². The SMILES string of the molecule is COc1ccc(CNC(=O)CN2C(=O)[C@@H](C)NC(=O)c3ccccc32)cc1OC. The van der Waals surface area contributed by atoms with Crippen molar-refractivity contribution in [1.29, 1.82) is 0 Å². The van der Waals surface area contributed by atoms with Crippen molar-refractivity contribution in [3.63, 3.8) is 0 Å². The van der Waals surface area contributed by atoms with E-state index < -0.39 is 6.04 Å². The van der Waals surface area contributed by atoms with Gasteiger partial charge in [-0.1, -0.05) is 18.2 Å². The number of nitrogens with zero attached hydrogens (tertiary/aromatic N) is 1. The zero-order chi connectivity index (χ0) is 21.0. The van der Waals surface area contributed by atoms with Gasteiger partial charge in [0.1, 0.15) is 12.6 Å². The summed E-state index contributed by atoms with van der Waals surface area (Å²) in [6.45, 7) is 1.67. The summed E-state index contributed by atoms with van der Waals surface area (Å²) >= 11 is 0. The van der Waals surface area contributed by atoms with Gasteiger partial charge in [-0.05, 0) is 36.8 Å². The van der Waals surface area contributed by atoms with E-state index in [4.69, 9.17) is 9.47 Å². The van der Waals surface area contributed by atoms with E-state index in [9.17, 15) is 14.4 Å². The van der Waals surface area contributed by atoms with E-state index in [1.165, 1.54) is 4.90 Å². The molecule has 0 radical (unpaired) electrons. The Kier molecular flexibility index (Phi) is 6.01. The van der Waals surface area contributed by atoms with Crippen molar-refractivity contribution in [3.8, 4) is 11.5 Å². The van der Waals surface area contributed by atoms with E-state index in [-0.39, 0.29) is 30.8 Å². The topological polar surface area (TPSA) is 97.0 Å². The smallest absolute Gasteiger partial charge is 0.254 e. The van der Waals surface area contributed by atoms with Crippen LogP contribution in [0.1, 0.15) is 22.8 Å². The van der Waals surface area contributed by atoms with Gasteiger partial charge in [0, 0.05) is 6.54 Å². The molecule has 1 heterocycles. The second kappa shape index (κ2) is 8.64. The first-order valence-corrected chi connectivity index (χ1v) is 9.13. The van der Waals surface area contributed by atoms with E-state index >= 15 is 0 Å². The number of rotatable bonds is 6. The molecule has 3 amide bonds. The maximum absolute atomic E-state index is 12.7. The number of fused-ring (bicyclic) bond motifs is 1. The lowest BCUT2D eigenvalue weighted by molar-refractivity contribution is -0.124. The minimum absolute atomic E-state index is 0.192. The number of hydrogen-bond donors (Lipinski definition) is 2. The molecule has 2 aromatic carbocycles. The van der Waals surface area contributed by atoms with Crippen LogP contribution in [0.15, 0.2) is 42.5 Å². The van der Waals surface area contributed by atoms with Crippen molar-refractivity contribution >= 4 is 23.4 Å². The maximum atomic E-state index is 12.7. The van der Waals surface area contributed by atoms with Gasteiger partial charge < -0.3 is 25.0 Å². The summed E-state index contributed by atoms with van der Waals surface area (Å²) < 4.78 is 10.5. The molecule has 8 heteroatoms. The van der Waals surface area contributed by atoms with Gasteiger partial charge in [-0.15, -0.1) is 0 Å². The number of methoxy groups -OCH3 is 2. The van der Waals surface area contributed by atoms with E-state index in [0.717, 1.165) is 5.56 Å². The molecule has 0 unspecified atom stereocenters. The highest BCUT2D eigenvalue weighted by molar-refractivity contribution is 6.12. The van der Waals surface area contributed by atoms with Crippen molar-refractivity contribution in [1.82, 2.24) is 10.6 Å². The Bertz CT molecular complexity index is 944. The molecule has 3 rings (SSSR count). The van der Waals surface area contributed by atoms with Gasteiger partial charge in [0.25, 0.3) is 5.91 Å². The zero-order valence-corrected chi connectivity index (χ0v) is 16.5. The molecule has 8 nitrogen and oxygen atoms in total. The normalized spacial score (nSPS) is 15.8. The van der Waals surface area contributed by atoms with Gasteiger partial charge in [-0.25, -0.2) is 0 Å². The maximum Gasteiger partial charge on any atom is 0.254 e. The fraction of sp³-hybridized carbons (Fsp3) is 0.286. The van der Waals surface area contributed by atoms with Crippen molar-refractivity contribution in [2.45, 2.75) is 19.5 Å². The molecule has 0 aromatic heterocycles. The first-order valence-electron chi connectivity index (χ1n) is 9.13. The average molecular weight is 397 g/mol. The number of carbonyl (C=O) groups excluding carboxylic acids is 3. The Balaban J connectivity index is 1.73. The van der Waals surface area contributed by atoms with Crippen LogP contribution in [0.25, 0.3) is 0 Å². The van der Waals surface area contributed by atoms with Gasteiger partial charge in [0.05, 0.1) is 25.5 Å². The lowest BCUT2D eigenvalue weighted by Gasteiger charge is -2.23. The van der Waals surface area contributed by atoms with Crippen LogP contribution < -0.4 is 25.0 Å². The summed E-state index contributed by atoms with van der Waals surface area (Å²) in [4.78, 5) is 38.9. The highest BCUT2D eigenvalue weighted by atomic mass is 16.5. The lowest BCUT2D eigenvalue weighted by Crippen LogP contribution is -2.47. The van der Waals surface area contributed by atoms with Gasteiger partial charge >= 0.3 is 0 Å². The Morgan fingerprint density at radius 2 is 1.83 bits per heavy atom. The Hall–Kier alpha value is -3.55. The number of benzene rings is 2. The van der Waals surface area contributed by atoms with Crippen LogP contribution in [0.5, 0.6) is 11.5 Å². The van der Waals surface area contributed by atoms with Crippen LogP contribution in [0.3, 0.4) is 0 Å². The van der Waals surface area contributed by atoms with E-state index in [2.05, 4.69) is 10.6 Å². The summed E-state index contributed by atoms with van der Waals surface area (Å²) in [5.74, 6) is 0.138. The van der Waals surface area contributed by atoms with E-state index in [1.54, 1.807) is 57.5 Å². The third kappa shape index (κ3) is 4.31. The number of para-hydroxylation sites is 1. The van der Waals surface area contributed by atoms with Crippen LogP contribution in [0.2, 0.25) is 0 Å². The van der Waals surface area contributed by atoms with Crippen molar-refractivity contribution in [2.24, 2.45) is 0 Å². The minimum atomic E-state index is -0.728. The summed E-state index contributed by atoms with van der Waals surface area (Å²) in [5, 5.41) is 5.44. The molecule has 1 aliphatic rings. The fourth-order valence-electron chi connectivity index (χ4n) is 3.14. The quantitative estimate of drug-likeness (QED) is 0.770. The molecule has 0 bridgehead atoms. The number of amides is 3. The molecule has 1 aliphatic heterocycles. The first-order chi connectivity index (χ1) is 13.9. The molecule has 0 saturated heterocycles. The van der Waals surface area contributed by atoms with Gasteiger partial charge in [0.15, 0.2) is 11.5 Å². The van der Waals surface area contributed by atoms with Gasteiger partial charge in [0.2, 0.25) is 11.8 Å². The number of carbonyl (C=O) groups is 3. The highest BCUT2D eigenvalue weighted by Gasteiger charge is 2.32. The number of nitrogens with one attached hydrogen (secondary N) is 2. The summed E-state index contributed by atoms with van der Waals surface area (Å²) in [5.41, 5.74) is 1.60. The predicted octanol–water partition coefficient (Wildman–Crippen LogP) is 1.49. The minimum Gasteiger partial charge on any atom is -0.493 e. The summed E-state index contributed by atoms with van der Waals surface area (Å²) in [6, 6.07) is 11.4. The van der Waals surface area contributed by atoms with Crippen LogP contribution in [0.4, 0.5) is 5.69 Å². The first kappa shape index (κ1) is 20.2. The highest BCUT2D eigenvalue weighted by Crippen LogP contribution is 2.27. The lowest BCUT2D eigenvalue weighted by atomic mass is 10.1. The second-order valence-electron chi connectivity index (χ2n) is 6.60. The van der Waals surface area contributed by atoms with Crippen LogP contribution in [-0.2, 0) is 16.1 Å². The number of ether oxygens (including phenoxy) is 2. The molecule has 0 aliphatic carbocycles. The third-order valence-electron chi connectivity index (χ3n) is 4.66. The Morgan fingerprint density at radius 3 is 2.55 bits per heavy atom. The molecule has 1 atom stereocenters. The molecule has 152 valence electrons.